The SMILES string of the molecule is O=C(NCc1ccccc1)Oc1ccc(-c2ccccc2)cc1. The van der Waals surface area contributed by atoms with Crippen LogP contribution in [0.5, 0.6) is 5.75 Å². The third-order valence-corrected chi connectivity index (χ3v) is 3.45. The molecule has 0 radical (unpaired) electrons. The van der Waals surface area contributed by atoms with Gasteiger partial charge >= 0.3 is 6.09 Å². The van der Waals surface area contributed by atoms with Gasteiger partial charge in [-0.25, -0.2) is 4.79 Å². The summed E-state index contributed by atoms with van der Waals surface area (Å²) in [5, 5.41) is 2.73. The Morgan fingerprint density at radius 1 is 0.739 bits per heavy atom. The molecular weight excluding hydrogens is 286 g/mol. The number of amides is 1. The first-order valence-corrected chi connectivity index (χ1v) is 7.46. The van der Waals surface area contributed by atoms with Crippen LogP contribution in [0.1, 0.15) is 5.56 Å². The lowest BCUT2D eigenvalue weighted by Crippen LogP contribution is -2.26. The van der Waals surface area contributed by atoms with Crippen LogP contribution in [0.4, 0.5) is 4.79 Å². The van der Waals surface area contributed by atoms with Crippen molar-refractivity contribution in [2.45, 2.75) is 6.54 Å². The molecule has 3 aromatic carbocycles. The molecule has 1 N–H and O–H groups in total. The number of ether oxygens (including phenoxy) is 1. The normalized spacial score (nSPS) is 10.1. The van der Waals surface area contributed by atoms with Crippen LogP contribution < -0.4 is 10.1 Å². The second kappa shape index (κ2) is 7.27. The molecule has 0 atom stereocenters. The second-order valence-electron chi connectivity index (χ2n) is 5.12. The van der Waals surface area contributed by atoms with E-state index in [2.05, 4.69) is 5.32 Å². The Balaban J connectivity index is 1.57. The van der Waals surface area contributed by atoms with Gasteiger partial charge in [-0.1, -0.05) is 72.8 Å². The number of nitrogens with one attached hydrogen (secondary N) is 1. The minimum absolute atomic E-state index is 0.446. The average molecular weight is 303 g/mol. The van der Waals surface area contributed by atoms with Crippen LogP contribution in [0, 0.1) is 0 Å². The minimum Gasteiger partial charge on any atom is -0.410 e. The van der Waals surface area contributed by atoms with Crippen molar-refractivity contribution < 1.29 is 9.53 Å². The van der Waals surface area contributed by atoms with Gasteiger partial charge in [-0.05, 0) is 28.8 Å². The maximum atomic E-state index is 11.8. The van der Waals surface area contributed by atoms with E-state index in [4.69, 9.17) is 4.74 Å². The average Bonchev–Trinajstić information content (AvgIpc) is 2.62. The van der Waals surface area contributed by atoms with Crippen molar-refractivity contribution in [3.8, 4) is 16.9 Å². The molecule has 0 aliphatic rings. The van der Waals surface area contributed by atoms with E-state index in [-0.39, 0.29) is 0 Å². The molecule has 1 amide bonds. The molecule has 3 aromatic rings. The van der Waals surface area contributed by atoms with Crippen LogP contribution in [-0.4, -0.2) is 6.09 Å². The summed E-state index contributed by atoms with van der Waals surface area (Å²) in [6, 6.07) is 27.3. The number of carbonyl (C=O) groups is 1. The molecule has 0 saturated carbocycles. The molecule has 3 nitrogen and oxygen atoms in total. The van der Waals surface area contributed by atoms with E-state index >= 15 is 0 Å². The van der Waals surface area contributed by atoms with E-state index in [0.717, 1.165) is 16.7 Å². The van der Waals surface area contributed by atoms with Crippen molar-refractivity contribution in [1.29, 1.82) is 0 Å². The van der Waals surface area contributed by atoms with E-state index in [1.54, 1.807) is 12.1 Å². The Morgan fingerprint density at radius 2 is 1.30 bits per heavy atom. The molecule has 0 bridgehead atoms. The molecule has 0 heterocycles. The fourth-order valence-corrected chi connectivity index (χ4v) is 2.26. The lowest BCUT2D eigenvalue weighted by molar-refractivity contribution is 0.200. The van der Waals surface area contributed by atoms with E-state index in [0.29, 0.717) is 12.3 Å². The van der Waals surface area contributed by atoms with Gasteiger partial charge in [0, 0.05) is 6.54 Å². The number of rotatable bonds is 4. The maximum Gasteiger partial charge on any atom is 0.412 e. The summed E-state index contributed by atoms with van der Waals surface area (Å²) in [4.78, 5) is 11.8. The third-order valence-electron chi connectivity index (χ3n) is 3.45. The summed E-state index contributed by atoms with van der Waals surface area (Å²) in [6.45, 7) is 0.446. The molecule has 3 rings (SSSR count). The van der Waals surface area contributed by atoms with Crippen LogP contribution in [-0.2, 0) is 6.54 Å². The first-order chi connectivity index (χ1) is 11.3. The summed E-state index contributed by atoms with van der Waals surface area (Å²) in [5.74, 6) is 0.523. The zero-order valence-corrected chi connectivity index (χ0v) is 12.6. The van der Waals surface area contributed by atoms with E-state index in [1.165, 1.54) is 0 Å². The largest absolute Gasteiger partial charge is 0.412 e. The lowest BCUT2D eigenvalue weighted by Gasteiger charge is -2.07. The summed E-state index contributed by atoms with van der Waals surface area (Å²) in [7, 11) is 0. The second-order valence-corrected chi connectivity index (χ2v) is 5.12. The van der Waals surface area contributed by atoms with Crippen molar-refractivity contribution in [1.82, 2.24) is 5.32 Å². The Hall–Kier alpha value is -3.07. The van der Waals surface area contributed by atoms with Crippen molar-refractivity contribution >= 4 is 6.09 Å². The number of benzene rings is 3. The van der Waals surface area contributed by atoms with Gasteiger partial charge in [0.25, 0.3) is 0 Å². The van der Waals surface area contributed by atoms with E-state index in [1.807, 2.05) is 72.8 Å². The Bertz CT molecular complexity index is 753. The van der Waals surface area contributed by atoms with Crippen molar-refractivity contribution in [2.24, 2.45) is 0 Å². The van der Waals surface area contributed by atoms with Gasteiger partial charge in [0.1, 0.15) is 5.75 Å². The summed E-state index contributed by atoms with van der Waals surface area (Å²) >= 11 is 0. The quantitative estimate of drug-likeness (QED) is 0.762. The van der Waals surface area contributed by atoms with Gasteiger partial charge < -0.3 is 10.1 Å². The molecule has 0 aliphatic carbocycles. The van der Waals surface area contributed by atoms with Crippen LogP contribution in [0.25, 0.3) is 11.1 Å². The smallest absolute Gasteiger partial charge is 0.410 e. The minimum atomic E-state index is -0.457. The topological polar surface area (TPSA) is 38.3 Å². The molecular formula is C20H17NO2. The highest BCUT2D eigenvalue weighted by Crippen LogP contribution is 2.22. The van der Waals surface area contributed by atoms with Crippen molar-refractivity contribution in [3.05, 3.63) is 90.5 Å². The monoisotopic (exact) mass is 303 g/mol. The van der Waals surface area contributed by atoms with Gasteiger partial charge in [0.15, 0.2) is 0 Å². The first kappa shape index (κ1) is 14.9. The predicted molar refractivity (Wildman–Crippen MR) is 91.2 cm³/mol. The highest BCUT2D eigenvalue weighted by molar-refractivity contribution is 5.71. The Morgan fingerprint density at radius 3 is 1.96 bits per heavy atom. The molecule has 0 spiro atoms. The fourth-order valence-electron chi connectivity index (χ4n) is 2.26. The van der Waals surface area contributed by atoms with Crippen molar-refractivity contribution in [2.75, 3.05) is 0 Å². The Labute approximate surface area is 135 Å². The molecule has 23 heavy (non-hydrogen) atoms. The lowest BCUT2D eigenvalue weighted by atomic mass is 10.1. The van der Waals surface area contributed by atoms with Crippen LogP contribution in [0.3, 0.4) is 0 Å². The Kier molecular flexibility index (Phi) is 4.69. The first-order valence-electron chi connectivity index (χ1n) is 7.46. The summed E-state index contributed by atoms with van der Waals surface area (Å²) in [6.07, 6.45) is -0.457. The highest BCUT2D eigenvalue weighted by Gasteiger charge is 2.04. The zero-order chi connectivity index (χ0) is 15.9. The molecule has 3 heteroatoms. The molecule has 0 aliphatic heterocycles. The van der Waals surface area contributed by atoms with Gasteiger partial charge in [-0.2, -0.15) is 0 Å². The standard InChI is InChI=1S/C20H17NO2/c22-20(21-15-16-7-3-1-4-8-16)23-19-13-11-18(12-14-19)17-9-5-2-6-10-17/h1-14H,15H2,(H,21,22). The molecule has 0 saturated heterocycles. The van der Waals surface area contributed by atoms with E-state index in [9.17, 15) is 4.79 Å². The molecule has 114 valence electrons. The zero-order valence-electron chi connectivity index (χ0n) is 12.6. The molecule has 0 unspecified atom stereocenters. The van der Waals surface area contributed by atoms with Crippen LogP contribution in [0.15, 0.2) is 84.9 Å². The summed E-state index contributed by atoms with van der Waals surface area (Å²) < 4.78 is 5.28. The van der Waals surface area contributed by atoms with Gasteiger partial charge in [-0.3, -0.25) is 0 Å². The van der Waals surface area contributed by atoms with Gasteiger partial charge in [-0.15, -0.1) is 0 Å². The molecule has 0 aromatic heterocycles. The molecule has 0 fully saturated rings. The van der Waals surface area contributed by atoms with E-state index < -0.39 is 6.09 Å². The number of hydrogen-bond donors (Lipinski definition) is 1. The maximum absolute atomic E-state index is 11.8. The van der Waals surface area contributed by atoms with Crippen LogP contribution in [0.2, 0.25) is 0 Å². The third kappa shape index (κ3) is 4.20. The van der Waals surface area contributed by atoms with Gasteiger partial charge in [0.05, 0.1) is 0 Å². The van der Waals surface area contributed by atoms with Gasteiger partial charge in [0.2, 0.25) is 0 Å². The number of carbonyl (C=O) groups excluding carboxylic acids is 1. The predicted octanol–water partition coefficient (Wildman–Crippen LogP) is 4.64. The summed E-state index contributed by atoms with van der Waals surface area (Å²) in [5.41, 5.74) is 3.25. The van der Waals surface area contributed by atoms with Crippen molar-refractivity contribution in [3.63, 3.8) is 0 Å². The fraction of sp³-hybridized carbons (Fsp3) is 0.0500. The van der Waals surface area contributed by atoms with Crippen LogP contribution >= 0.6 is 0 Å². The number of hydrogen-bond acceptors (Lipinski definition) is 2. The highest BCUT2D eigenvalue weighted by atomic mass is 16.5.